The minimum Gasteiger partial charge on any atom is -0.452 e. The highest BCUT2D eigenvalue weighted by Crippen LogP contribution is 2.21. The molecule has 0 fully saturated rings. The molecule has 10 heteroatoms. The summed E-state index contributed by atoms with van der Waals surface area (Å²) in [5, 5.41) is 6.87. The van der Waals surface area contributed by atoms with Gasteiger partial charge in [0, 0.05) is 12.4 Å². The van der Waals surface area contributed by atoms with Gasteiger partial charge in [-0.05, 0) is 25.1 Å². The van der Waals surface area contributed by atoms with E-state index in [0.717, 1.165) is 11.7 Å². The second kappa shape index (κ2) is 6.48. The number of aryl methyl sites for hydroxylation is 1. The average Bonchev–Trinajstić information content (AvgIpc) is 3.23. The van der Waals surface area contributed by atoms with Crippen molar-refractivity contribution in [3.8, 4) is 0 Å². The molecule has 3 heterocycles. The number of carbonyl (C=O) groups is 2. The van der Waals surface area contributed by atoms with E-state index in [-0.39, 0.29) is 5.56 Å². The number of aromatic nitrogens is 5. The van der Waals surface area contributed by atoms with Crippen molar-refractivity contribution in [2.24, 2.45) is 0 Å². The lowest BCUT2D eigenvalue weighted by molar-refractivity contribution is -0.119. The zero-order chi connectivity index (χ0) is 18.1. The fourth-order valence-corrected chi connectivity index (χ4v) is 3.08. The van der Waals surface area contributed by atoms with Gasteiger partial charge in [-0.1, -0.05) is 6.07 Å². The zero-order valence-corrected chi connectivity index (χ0v) is 14.4. The van der Waals surface area contributed by atoms with Gasteiger partial charge >= 0.3 is 5.97 Å². The van der Waals surface area contributed by atoms with E-state index >= 15 is 0 Å². The minimum absolute atomic E-state index is 0.240. The fourth-order valence-electron chi connectivity index (χ4n) is 2.53. The van der Waals surface area contributed by atoms with Crippen molar-refractivity contribution >= 4 is 46.0 Å². The molecule has 0 bridgehead atoms. The van der Waals surface area contributed by atoms with Gasteiger partial charge < -0.3 is 10.1 Å². The van der Waals surface area contributed by atoms with Crippen molar-refractivity contribution in [2.75, 3.05) is 11.9 Å². The molecule has 4 rings (SSSR count). The molecule has 130 valence electrons. The number of benzene rings is 1. The van der Waals surface area contributed by atoms with Gasteiger partial charge in [0.2, 0.25) is 0 Å². The summed E-state index contributed by atoms with van der Waals surface area (Å²) in [6.07, 6.45) is 3.24. The van der Waals surface area contributed by atoms with E-state index in [4.69, 9.17) is 4.74 Å². The second-order valence-corrected chi connectivity index (χ2v) is 5.94. The van der Waals surface area contributed by atoms with Gasteiger partial charge in [-0.25, -0.2) is 14.3 Å². The van der Waals surface area contributed by atoms with Crippen LogP contribution in [0.15, 0.2) is 36.7 Å². The number of amides is 1. The molecule has 9 nitrogen and oxygen atoms in total. The number of carbonyl (C=O) groups excluding carboxylic acids is 2. The number of esters is 1. The van der Waals surface area contributed by atoms with Crippen molar-refractivity contribution < 1.29 is 14.3 Å². The highest BCUT2D eigenvalue weighted by molar-refractivity contribution is 7.00. The van der Waals surface area contributed by atoms with Crippen LogP contribution in [0.25, 0.3) is 16.7 Å². The van der Waals surface area contributed by atoms with Crippen molar-refractivity contribution in [1.82, 2.24) is 23.3 Å². The lowest BCUT2D eigenvalue weighted by atomic mass is 10.2. The van der Waals surface area contributed by atoms with Gasteiger partial charge in [0.05, 0.1) is 23.1 Å². The molecule has 4 aromatic rings. The van der Waals surface area contributed by atoms with Crippen LogP contribution in [0.5, 0.6) is 0 Å². The van der Waals surface area contributed by atoms with E-state index in [1.807, 2.05) is 0 Å². The number of nitrogens with zero attached hydrogens (tertiary/aromatic N) is 5. The number of hydrogen-bond acceptors (Lipinski definition) is 8. The topological polar surface area (TPSA) is 111 Å². The first-order valence-electron chi connectivity index (χ1n) is 7.61. The van der Waals surface area contributed by atoms with Crippen LogP contribution in [-0.2, 0) is 9.53 Å². The molecule has 0 aliphatic carbocycles. The Morgan fingerprint density at radius 3 is 3.04 bits per heavy atom. The summed E-state index contributed by atoms with van der Waals surface area (Å²) >= 11 is 1.06. The Balaban J connectivity index is 1.46. The molecule has 0 saturated heterocycles. The molecule has 0 spiro atoms. The second-order valence-electron chi connectivity index (χ2n) is 5.41. The third-order valence-electron chi connectivity index (χ3n) is 3.67. The van der Waals surface area contributed by atoms with E-state index in [1.54, 1.807) is 43.6 Å². The first kappa shape index (κ1) is 16.1. The summed E-state index contributed by atoms with van der Waals surface area (Å²) in [5.74, 6) is -1.12. The van der Waals surface area contributed by atoms with Gasteiger partial charge in [0.15, 0.2) is 12.3 Å². The van der Waals surface area contributed by atoms with E-state index in [1.165, 1.54) is 4.52 Å². The molecule has 3 aromatic heterocycles. The minimum atomic E-state index is -0.653. The lowest BCUT2D eigenvalue weighted by Gasteiger charge is -2.06. The van der Waals surface area contributed by atoms with Crippen LogP contribution in [0.4, 0.5) is 5.69 Å². The van der Waals surface area contributed by atoms with Crippen LogP contribution in [0.2, 0.25) is 0 Å². The Kier molecular flexibility index (Phi) is 4.01. The third-order valence-corrected chi connectivity index (χ3v) is 4.21. The molecule has 0 radical (unpaired) electrons. The maximum Gasteiger partial charge on any atom is 0.344 e. The van der Waals surface area contributed by atoms with Crippen LogP contribution in [-0.4, -0.2) is 41.8 Å². The maximum absolute atomic E-state index is 12.4. The zero-order valence-electron chi connectivity index (χ0n) is 13.5. The van der Waals surface area contributed by atoms with Crippen molar-refractivity contribution in [3.05, 3.63) is 47.9 Å². The molecule has 26 heavy (non-hydrogen) atoms. The van der Waals surface area contributed by atoms with E-state index in [9.17, 15) is 9.59 Å². The Morgan fingerprint density at radius 2 is 2.15 bits per heavy atom. The van der Waals surface area contributed by atoms with Gasteiger partial charge in [0.25, 0.3) is 5.91 Å². The van der Waals surface area contributed by atoms with Crippen LogP contribution >= 0.6 is 11.7 Å². The Hall–Kier alpha value is -3.40. The molecule has 1 N–H and O–H groups in total. The number of anilines is 1. The van der Waals surface area contributed by atoms with Crippen molar-refractivity contribution in [2.45, 2.75) is 6.92 Å². The number of fused-ring (bicyclic) bond motifs is 2. The monoisotopic (exact) mass is 368 g/mol. The number of nitrogens with one attached hydrogen (secondary N) is 1. The normalized spacial score (nSPS) is 11.0. The molecule has 0 unspecified atom stereocenters. The predicted octanol–water partition coefficient (Wildman–Crippen LogP) is 1.84. The Morgan fingerprint density at radius 1 is 1.27 bits per heavy atom. The predicted molar refractivity (Wildman–Crippen MR) is 94.1 cm³/mol. The van der Waals surface area contributed by atoms with E-state index in [2.05, 4.69) is 24.1 Å². The average molecular weight is 368 g/mol. The smallest absolute Gasteiger partial charge is 0.344 e. The molecule has 0 saturated carbocycles. The van der Waals surface area contributed by atoms with E-state index < -0.39 is 18.5 Å². The summed E-state index contributed by atoms with van der Waals surface area (Å²) in [4.78, 5) is 28.6. The molecule has 1 amide bonds. The van der Waals surface area contributed by atoms with Crippen LogP contribution in [0.1, 0.15) is 16.1 Å². The maximum atomic E-state index is 12.4. The largest absolute Gasteiger partial charge is 0.452 e. The van der Waals surface area contributed by atoms with Gasteiger partial charge in [-0.3, -0.25) is 4.79 Å². The highest BCUT2D eigenvalue weighted by Gasteiger charge is 2.20. The van der Waals surface area contributed by atoms with Crippen molar-refractivity contribution in [3.63, 3.8) is 0 Å². The molecule has 0 aliphatic heterocycles. The van der Waals surface area contributed by atoms with Crippen LogP contribution in [0, 0.1) is 6.92 Å². The molecule has 0 aliphatic rings. The summed E-state index contributed by atoms with van der Waals surface area (Å²) < 4.78 is 14.9. The quantitative estimate of drug-likeness (QED) is 0.547. The van der Waals surface area contributed by atoms with Crippen LogP contribution in [0.3, 0.4) is 0 Å². The Labute approximate surface area is 151 Å². The number of ether oxygens (including phenoxy) is 1. The van der Waals surface area contributed by atoms with Crippen LogP contribution < -0.4 is 5.32 Å². The van der Waals surface area contributed by atoms with Crippen molar-refractivity contribution in [1.29, 1.82) is 0 Å². The third kappa shape index (κ3) is 2.86. The summed E-state index contributed by atoms with van der Waals surface area (Å²) in [6, 6.07) is 6.98. The summed E-state index contributed by atoms with van der Waals surface area (Å²) in [7, 11) is 0. The van der Waals surface area contributed by atoms with E-state index in [0.29, 0.717) is 28.1 Å². The van der Waals surface area contributed by atoms with Gasteiger partial charge in [-0.15, -0.1) is 0 Å². The number of rotatable bonds is 4. The first-order valence-corrected chi connectivity index (χ1v) is 8.35. The summed E-state index contributed by atoms with van der Waals surface area (Å²) in [5.41, 5.74) is 2.91. The highest BCUT2D eigenvalue weighted by atomic mass is 32.1. The summed E-state index contributed by atoms with van der Waals surface area (Å²) in [6.45, 7) is 1.25. The standard InChI is InChI=1S/C16H12N6O3S/c1-9-13(15-17-6-3-7-22(15)19-9)16(24)25-8-12(23)18-10-4-2-5-11-14(10)21-26-20-11/h2-7H,8H2,1H3,(H,18,23). The van der Waals surface area contributed by atoms with Gasteiger partial charge in [0.1, 0.15) is 16.6 Å². The molecular weight excluding hydrogens is 356 g/mol. The van der Waals surface area contributed by atoms with Gasteiger partial charge in [-0.2, -0.15) is 13.8 Å². The lowest BCUT2D eigenvalue weighted by Crippen LogP contribution is -2.21. The first-order chi connectivity index (χ1) is 12.6. The number of hydrogen-bond donors (Lipinski definition) is 1. The fraction of sp³-hybridized carbons (Fsp3) is 0.125. The molecule has 1 aromatic carbocycles. The Bertz CT molecular complexity index is 1140. The SMILES string of the molecule is Cc1nn2cccnc2c1C(=O)OCC(=O)Nc1cccc2nsnc12. The molecule has 0 atom stereocenters. The molecular formula is C16H12N6O3S.